The molecule has 0 unspecified atom stereocenters. The maximum absolute atomic E-state index is 12.6. The molecule has 2 aliphatic heterocycles. The fraction of sp³-hybridized carbons (Fsp3) is 0.650. The van der Waals surface area contributed by atoms with E-state index in [4.69, 9.17) is 0 Å². The predicted octanol–water partition coefficient (Wildman–Crippen LogP) is 2.50. The predicted molar refractivity (Wildman–Crippen MR) is 97.7 cm³/mol. The van der Waals surface area contributed by atoms with Crippen molar-refractivity contribution in [3.63, 3.8) is 0 Å². The molecule has 0 saturated carbocycles. The van der Waals surface area contributed by atoms with Crippen molar-refractivity contribution in [2.75, 3.05) is 33.2 Å². The average Bonchev–Trinajstić information content (AvgIpc) is 2.63. The highest BCUT2D eigenvalue weighted by molar-refractivity contribution is 5.76. The van der Waals surface area contributed by atoms with E-state index in [2.05, 4.69) is 40.5 Å². The van der Waals surface area contributed by atoms with Crippen molar-refractivity contribution in [1.29, 1.82) is 0 Å². The number of amides is 1. The second kappa shape index (κ2) is 8.63. The second-order valence-corrected chi connectivity index (χ2v) is 7.40. The maximum atomic E-state index is 12.6. The third-order valence-electron chi connectivity index (χ3n) is 5.67. The fourth-order valence-corrected chi connectivity index (χ4v) is 3.99. The van der Waals surface area contributed by atoms with E-state index in [-0.39, 0.29) is 0 Å². The number of nitrogens with one attached hydrogen (secondary N) is 1. The highest BCUT2D eigenvalue weighted by atomic mass is 16.2. The first-order chi connectivity index (χ1) is 11.7. The summed E-state index contributed by atoms with van der Waals surface area (Å²) in [5, 5.41) is 3.37. The van der Waals surface area contributed by atoms with E-state index in [1.54, 1.807) is 0 Å². The van der Waals surface area contributed by atoms with Crippen LogP contribution >= 0.6 is 0 Å². The van der Waals surface area contributed by atoms with Crippen LogP contribution in [0, 0.1) is 5.92 Å². The summed E-state index contributed by atoms with van der Waals surface area (Å²) in [5.41, 5.74) is 1.38. The van der Waals surface area contributed by atoms with Gasteiger partial charge in [0.15, 0.2) is 0 Å². The number of benzene rings is 1. The monoisotopic (exact) mass is 329 g/mol. The molecule has 1 amide bonds. The van der Waals surface area contributed by atoms with Crippen molar-refractivity contribution in [1.82, 2.24) is 15.1 Å². The minimum Gasteiger partial charge on any atom is -0.343 e. The molecule has 2 saturated heterocycles. The van der Waals surface area contributed by atoms with Crippen LogP contribution in [0.3, 0.4) is 0 Å². The van der Waals surface area contributed by atoms with E-state index in [0.29, 0.717) is 17.9 Å². The Bertz CT molecular complexity index is 505. The third-order valence-corrected chi connectivity index (χ3v) is 5.67. The summed E-state index contributed by atoms with van der Waals surface area (Å²) in [7, 11) is 2.01. The Morgan fingerprint density at radius 3 is 2.46 bits per heavy atom. The quantitative estimate of drug-likeness (QED) is 0.901. The number of hydrogen-bond acceptors (Lipinski definition) is 3. The van der Waals surface area contributed by atoms with E-state index in [0.717, 1.165) is 64.8 Å². The molecule has 4 nitrogen and oxygen atoms in total. The molecule has 1 aromatic carbocycles. The van der Waals surface area contributed by atoms with Gasteiger partial charge < -0.3 is 10.2 Å². The van der Waals surface area contributed by atoms with Crippen molar-refractivity contribution in [3.8, 4) is 0 Å². The van der Waals surface area contributed by atoms with E-state index in [9.17, 15) is 4.79 Å². The molecule has 132 valence electrons. The molecular formula is C20H31N3O. The Balaban J connectivity index is 1.42. The molecule has 1 N–H and O–H groups in total. The zero-order valence-corrected chi connectivity index (χ0v) is 14.9. The molecule has 0 spiro atoms. The molecule has 4 heteroatoms. The average molecular weight is 329 g/mol. The molecular weight excluding hydrogens is 298 g/mol. The minimum atomic E-state index is 0.350. The number of likely N-dealkylation sites (tertiary alicyclic amines) is 1. The van der Waals surface area contributed by atoms with Crippen molar-refractivity contribution in [3.05, 3.63) is 35.9 Å². The normalized spacial score (nSPS) is 20.9. The molecule has 0 aliphatic carbocycles. The number of hydrogen-bond donors (Lipinski definition) is 1. The molecule has 1 aromatic rings. The first-order valence-electron chi connectivity index (χ1n) is 9.45. The van der Waals surface area contributed by atoms with Gasteiger partial charge in [-0.3, -0.25) is 9.69 Å². The van der Waals surface area contributed by atoms with Gasteiger partial charge in [0.05, 0.1) is 0 Å². The van der Waals surface area contributed by atoms with Gasteiger partial charge in [-0.1, -0.05) is 30.3 Å². The molecule has 0 radical (unpaired) electrons. The Labute approximate surface area is 146 Å². The first-order valence-corrected chi connectivity index (χ1v) is 9.45. The van der Waals surface area contributed by atoms with Gasteiger partial charge in [-0.2, -0.15) is 0 Å². The van der Waals surface area contributed by atoms with Gasteiger partial charge in [0.1, 0.15) is 0 Å². The number of carbonyl (C=O) groups excluding carboxylic acids is 1. The summed E-state index contributed by atoms with van der Waals surface area (Å²) in [6.45, 7) is 5.34. The molecule has 3 rings (SSSR count). The highest BCUT2D eigenvalue weighted by Crippen LogP contribution is 2.21. The zero-order chi connectivity index (χ0) is 16.8. The summed E-state index contributed by atoms with van der Waals surface area (Å²) < 4.78 is 0. The Morgan fingerprint density at radius 1 is 1.12 bits per heavy atom. The van der Waals surface area contributed by atoms with Crippen molar-refractivity contribution < 1.29 is 4.79 Å². The summed E-state index contributed by atoms with van der Waals surface area (Å²) in [5.74, 6) is 0.933. The van der Waals surface area contributed by atoms with Crippen molar-refractivity contribution in [2.45, 2.75) is 44.7 Å². The second-order valence-electron chi connectivity index (χ2n) is 7.40. The smallest absolute Gasteiger partial charge is 0.222 e. The number of carbonyl (C=O) groups is 1. The van der Waals surface area contributed by atoms with Crippen LogP contribution in [0.5, 0.6) is 0 Å². The Hall–Kier alpha value is -1.39. The summed E-state index contributed by atoms with van der Waals surface area (Å²) >= 11 is 0. The van der Waals surface area contributed by atoms with Crippen LogP contribution < -0.4 is 5.32 Å². The lowest BCUT2D eigenvalue weighted by atomic mass is 9.93. The van der Waals surface area contributed by atoms with Crippen LogP contribution in [0.1, 0.15) is 37.7 Å². The van der Waals surface area contributed by atoms with Gasteiger partial charge in [0, 0.05) is 39.1 Å². The van der Waals surface area contributed by atoms with E-state index < -0.39 is 0 Å². The van der Waals surface area contributed by atoms with Gasteiger partial charge in [0.25, 0.3) is 0 Å². The molecule has 2 heterocycles. The Kier molecular flexibility index (Phi) is 6.27. The van der Waals surface area contributed by atoms with E-state index in [1.807, 2.05) is 11.9 Å². The summed E-state index contributed by atoms with van der Waals surface area (Å²) in [6, 6.07) is 11.1. The van der Waals surface area contributed by atoms with Gasteiger partial charge in [-0.25, -0.2) is 0 Å². The topological polar surface area (TPSA) is 35.6 Å². The highest BCUT2D eigenvalue weighted by Gasteiger charge is 2.27. The SMILES string of the molecule is CN(C(=O)CC1CCNCC1)C1CCN(Cc2ccccc2)CC1. The van der Waals surface area contributed by atoms with Gasteiger partial charge in [0.2, 0.25) is 5.91 Å². The fourth-order valence-electron chi connectivity index (χ4n) is 3.99. The number of piperidine rings is 2. The van der Waals surface area contributed by atoms with E-state index >= 15 is 0 Å². The molecule has 0 bridgehead atoms. The molecule has 2 aliphatic rings. The molecule has 0 atom stereocenters. The zero-order valence-electron chi connectivity index (χ0n) is 14.9. The van der Waals surface area contributed by atoms with Gasteiger partial charge >= 0.3 is 0 Å². The lowest BCUT2D eigenvalue weighted by molar-refractivity contribution is -0.134. The van der Waals surface area contributed by atoms with Crippen molar-refractivity contribution >= 4 is 5.91 Å². The maximum Gasteiger partial charge on any atom is 0.222 e. The number of nitrogens with zero attached hydrogens (tertiary/aromatic N) is 2. The summed E-state index contributed by atoms with van der Waals surface area (Å²) in [4.78, 5) is 17.1. The lowest BCUT2D eigenvalue weighted by Crippen LogP contribution is -2.46. The lowest BCUT2D eigenvalue weighted by Gasteiger charge is -2.37. The largest absolute Gasteiger partial charge is 0.343 e. The van der Waals surface area contributed by atoms with Crippen LogP contribution in [-0.4, -0.2) is 55.0 Å². The van der Waals surface area contributed by atoms with E-state index in [1.165, 1.54) is 5.56 Å². The van der Waals surface area contributed by atoms with Crippen LogP contribution in [0.25, 0.3) is 0 Å². The van der Waals surface area contributed by atoms with Crippen LogP contribution in [0.4, 0.5) is 0 Å². The minimum absolute atomic E-state index is 0.350. The van der Waals surface area contributed by atoms with Crippen LogP contribution in [0.15, 0.2) is 30.3 Å². The third kappa shape index (κ3) is 4.81. The molecule has 2 fully saturated rings. The number of rotatable bonds is 5. The Morgan fingerprint density at radius 2 is 1.79 bits per heavy atom. The van der Waals surface area contributed by atoms with Crippen molar-refractivity contribution in [2.24, 2.45) is 5.92 Å². The summed E-state index contributed by atoms with van der Waals surface area (Å²) in [6.07, 6.45) is 5.23. The van der Waals surface area contributed by atoms with Crippen LogP contribution in [-0.2, 0) is 11.3 Å². The first kappa shape index (κ1) is 17.4. The van der Waals surface area contributed by atoms with Gasteiger partial charge in [-0.05, 0) is 50.3 Å². The standard InChI is InChI=1S/C20H31N3O/c1-22(20(24)15-17-7-11-21-12-8-17)19-9-13-23(14-10-19)16-18-5-3-2-4-6-18/h2-6,17,19,21H,7-16H2,1H3. The van der Waals surface area contributed by atoms with Gasteiger partial charge in [-0.15, -0.1) is 0 Å². The molecule has 24 heavy (non-hydrogen) atoms. The molecule has 0 aromatic heterocycles. The van der Waals surface area contributed by atoms with Crippen LogP contribution in [0.2, 0.25) is 0 Å².